The van der Waals surface area contributed by atoms with E-state index in [2.05, 4.69) is 26.6 Å². The van der Waals surface area contributed by atoms with Crippen LogP contribution in [0.4, 0.5) is 19.3 Å². The molecule has 0 bridgehead atoms. The molecule has 0 aliphatic carbocycles. The molecule has 0 saturated heterocycles. The van der Waals surface area contributed by atoms with Gasteiger partial charge in [-0.1, -0.05) is 6.92 Å². The standard InChI is InChI=1S/C13H15BrF2N2O3/c1-3-13(2,11(19)20)6-17-12(21)18-10-5-8(15)7(14)4-9(10)16/h4-5H,3,6H2,1-2H3,(H,19,20)(H2,17,18,21). The lowest BCUT2D eigenvalue weighted by molar-refractivity contribution is -0.147. The molecule has 1 unspecified atom stereocenters. The third-order valence-electron chi connectivity index (χ3n) is 3.19. The fraction of sp³-hybridized carbons (Fsp3) is 0.385. The highest BCUT2D eigenvalue weighted by Crippen LogP contribution is 2.23. The zero-order valence-electron chi connectivity index (χ0n) is 11.5. The van der Waals surface area contributed by atoms with E-state index in [0.717, 1.165) is 12.1 Å². The quantitative estimate of drug-likeness (QED) is 0.701. The summed E-state index contributed by atoms with van der Waals surface area (Å²) in [6, 6.07) is 0.907. The summed E-state index contributed by atoms with van der Waals surface area (Å²) >= 11 is 2.82. The average molecular weight is 365 g/mol. The molecule has 8 heteroatoms. The third-order valence-corrected chi connectivity index (χ3v) is 3.80. The first-order valence-corrected chi connectivity index (χ1v) is 6.91. The molecule has 2 amide bonds. The van der Waals surface area contributed by atoms with Crippen LogP contribution in [-0.4, -0.2) is 23.7 Å². The molecule has 0 aliphatic rings. The van der Waals surface area contributed by atoms with Crippen LogP contribution in [0.1, 0.15) is 20.3 Å². The topological polar surface area (TPSA) is 78.4 Å². The number of amides is 2. The number of rotatable bonds is 5. The van der Waals surface area contributed by atoms with E-state index in [1.165, 1.54) is 6.92 Å². The Hall–Kier alpha value is -1.70. The molecule has 1 atom stereocenters. The van der Waals surface area contributed by atoms with Crippen molar-refractivity contribution in [3.05, 3.63) is 28.2 Å². The van der Waals surface area contributed by atoms with Gasteiger partial charge in [-0.15, -0.1) is 0 Å². The molecule has 0 radical (unpaired) electrons. The van der Waals surface area contributed by atoms with Crippen LogP contribution >= 0.6 is 15.9 Å². The molecular weight excluding hydrogens is 350 g/mol. The second kappa shape index (κ2) is 6.84. The molecule has 0 aliphatic heterocycles. The minimum absolute atomic E-state index is 0.0598. The smallest absolute Gasteiger partial charge is 0.319 e. The lowest BCUT2D eigenvalue weighted by Gasteiger charge is -2.23. The molecule has 21 heavy (non-hydrogen) atoms. The van der Waals surface area contributed by atoms with E-state index < -0.39 is 29.0 Å². The SMILES string of the molecule is CCC(C)(CNC(=O)Nc1cc(F)c(Br)cc1F)C(=O)O. The molecule has 1 aromatic carbocycles. The number of carbonyl (C=O) groups excluding carboxylic acids is 1. The number of carboxylic acid groups (broad SMARTS) is 1. The van der Waals surface area contributed by atoms with Gasteiger partial charge in [0.1, 0.15) is 11.6 Å². The van der Waals surface area contributed by atoms with E-state index in [9.17, 15) is 18.4 Å². The summed E-state index contributed by atoms with van der Waals surface area (Å²) in [4.78, 5) is 22.7. The van der Waals surface area contributed by atoms with E-state index >= 15 is 0 Å². The number of hydrogen-bond acceptors (Lipinski definition) is 2. The van der Waals surface area contributed by atoms with Gasteiger partial charge >= 0.3 is 12.0 Å². The summed E-state index contributed by atoms with van der Waals surface area (Å²) < 4.78 is 26.7. The van der Waals surface area contributed by atoms with Crippen LogP contribution in [0.15, 0.2) is 16.6 Å². The Morgan fingerprint density at radius 3 is 2.48 bits per heavy atom. The second-order valence-corrected chi connectivity index (χ2v) is 5.63. The van der Waals surface area contributed by atoms with Crippen molar-refractivity contribution in [1.82, 2.24) is 5.32 Å². The number of hydrogen-bond donors (Lipinski definition) is 3. The normalized spacial score (nSPS) is 13.4. The lowest BCUT2D eigenvalue weighted by atomic mass is 9.88. The van der Waals surface area contributed by atoms with Gasteiger partial charge in [-0.3, -0.25) is 4.79 Å². The van der Waals surface area contributed by atoms with E-state index in [-0.39, 0.29) is 16.7 Å². The second-order valence-electron chi connectivity index (χ2n) is 4.77. The predicted molar refractivity (Wildman–Crippen MR) is 77.1 cm³/mol. The first-order valence-electron chi connectivity index (χ1n) is 6.12. The fourth-order valence-electron chi connectivity index (χ4n) is 1.41. The number of urea groups is 1. The Morgan fingerprint density at radius 1 is 1.33 bits per heavy atom. The van der Waals surface area contributed by atoms with Gasteiger partial charge in [0, 0.05) is 12.6 Å². The van der Waals surface area contributed by atoms with Gasteiger partial charge in [0.05, 0.1) is 15.6 Å². The molecular formula is C13H15BrF2N2O3. The summed E-state index contributed by atoms with van der Waals surface area (Å²) in [5.74, 6) is -2.59. The van der Waals surface area contributed by atoms with Crippen LogP contribution < -0.4 is 10.6 Å². The Balaban J connectivity index is 2.71. The van der Waals surface area contributed by atoms with Gasteiger partial charge in [0.15, 0.2) is 0 Å². The largest absolute Gasteiger partial charge is 0.481 e. The number of carboxylic acids is 1. The molecule has 5 nitrogen and oxygen atoms in total. The number of halogens is 3. The van der Waals surface area contributed by atoms with Gasteiger partial charge in [-0.2, -0.15) is 0 Å². The minimum Gasteiger partial charge on any atom is -0.481 e. The first kappa shape index (κ1) is 17.4. The number of nitrogens with one attached hydrogen (secondary N) is 2. The molecule has 1 aromatic rings. The predicted octanol–water partition coefficient (Wildman–Crippen LogP) is 3.35. The first-order chi connectivity index (χ1) is 9.69. The Morgan fingerprint density at radius 2 is 1.95 bits per heavy atom. The maximum absolute atomic E-state index is 13.5. The monoisotopic (exact) mass is 364 g/mol. The van der Waals surface area contributed by atoms with Crippen LogP contribution in [0.25, 0.3) is 0 Å². The van der Waals surface area contributed by atoms with Crippen molar-refractivity contribution >= 4 is 33.6 Å². The zero-order chi connectivity index (χ0) is 16.2. The molecule has 0 fully saturated rings. The van der Waals surface area contributed by atoms with Crippen molar-refractivity contribution in [1.29, 1.82) is 0 Å². The van der Waals surface area contributed by atoms with Gasteiger partial charge in [0.2, 0.25) is 0 Å². The van der Waals surface area contributed by atoms with E-state index in [1.807, 2.05) is 0 Å². The van der Waals surface area contributed by atoms with Gasteiger partial charge < -0.3 is 15.7 Å². The number of anilines is 1. The minimum atomic E-state index is -1.12. The van der Waals surface area contributed by atoms with Crippen LogP contribution in [0.3, 0.4) is 0 Å². The summed E-state index contributed by atoms with van der Waals surface area (Å²) in [7, 11) is 0. The van der Waals surface area contributed by atoms with E-state index in [1.54, 1.807) is 6.92 Å². The van der Waals surface area contributed by atoms with Crippen molar-refractivity contribution in [3.8, 4) is 0 Å². The van der Waals surface area contributed by atoms with Crippen molar-refractivity contribution in [2.45, 2.75) is 20.3 Å². The van der Waals surface area contributed by atoms with Gasteiger partial charge in [-0.05, 0) is 35.3 Å². The zero-order valence-corrected chi connectivity index (χ0v) is 13.1. The molecule has 0 aromatic heterocycles. The number of benzene rings is 1. The summed E-state index contributed by atoms with van der Waals surface area (Å²) in [6.07, 6.45) is 0.309. The fourth-order valence-corrected chi connectivity index (χ4v) is 1.73. The maximum atomic E-state index is 13.5. The van der Waals surface area contributed by atoms with E-state index in [4.69, 9.17) is 5.11 Å². The van der Waals surface area contributed by atoms with Crippen LogP contribution in [0, 0.1) is 17.0 Å². The highest BCUT2D eigenvalue weighted by molar-refractivity contribution is 9.10. The maximum Gasteiger partial charge on any atom is 0.319 e. The Kier molecular flexibility index (Phi) is 5.65. The van der Waals surface area contributed by atoms with Gasteiger partial charge in [-0.25, -0.2) is 13.6 Å². The van der Waals surface area contributed by atoms with Crippen molar-refractivity contribution in [3.63, 3.8) is 0 Å². The van der Waals surface area contributed by atoms with Crippen LogP contribution in [0.2, 0.25) is 0 Å². The average Bonchev–Trinajstić information content (AvgIpc) is 2.42. The Bertz CT molecular complexity index is 569. The van der Waals surface area contributed by atoms with Crippen LogP contribution in [0.5, 0.6) is 0 Å². The molecule has 0 saturated carbocycles. The Labute approximate surface area is 128 Å². The summed E-state index contributed by atoms with van der Waals surface area (Å²) in [6.45, 7) is 3.03. The third kappa shape index (κ3) is 4.38. The number of aliphatic carboxylic acids is 1. The summed E-state index contributed by atoms with van der Waals surface area (Å²) in [5, 5.41) is 13.5. The molecule has 1 rings (SSSR count). The lowest BCUT2D eigenvalue weighted by Crippen LogP contribution is -2.42. The highest BCUT2D eigenvalue weighted by Gasteiger charge is 2.31. The summed E-state index contributed by atoms with van der Waals surface area (Å²) in [5.41, 5.74) is -1.46. The van der Waals surface area contributed by atoms with Crippen molar-refractivity contribution < 1.29 is 23.5 Å². The van der Waals surface area contributed by atoms with Crippen LogP contribution in [-0.2, 0) is 4.79 Å². The van der Waals surface area contributed by atoms with Crippen molar-refractivity contribution in [2.75, 3.05) is 11.9 Å². The van der Waals surface area contributed by atoms with Crippen molar-refractivity contribution in [2.24, 2.45) is 5.41 Å². The highest BCUT2D eigenvalue weighted by atomic mass is 79.9. The van der Waals surface area contributed by atoms with E-state index in [0.29, 0.717) is 6.42 Å². The number of carbonyl (C=O) groups is 2. The molecule has 0 spiro atoms. The van der Waals surface area contributed by atoms with Gasteiger partial charge in [0.25, 0.3) is 0 Å². The molecule has 3 N–H and O–H groups in total. The molecule has 116 valence electrons. The molecule has 0 heterocycles.